The highest BCUT2D eigenvalue weighted by molar-refractivity contribution is 5.89. The van der Waals surface area contributed by atoms with Crippen molar-refractivity contribution in [3.05, 3.63) is 60.8 Å². The topological polar surface area (TPSA) is 158 Å². The summed E-state index contributed by atoms with van der Waals surface area (Å²) < 4.78 is 91.5. The van der Waals surface area contributed by atoms with Crippen molar-refractivity contribution in [2.24, 2.45) is 29.6 Å². The number of esters is 6. The lowest BCUT2D eigenvalue weighted by molar-refractivity contribution is -0.221. The molecule has 4 bridgehead atoms. The van der Waals surface area contributed by atoms with Crippen LogP contribution in [0.4, 0.5) is 22.0 Å². The van der Waals surface area contributed by atoms with Gasteiger partial charge in [0.15, 0.2) is 12.7 Å². The van der Waals surface area contributed by atoms with Crippen LogP contribution in [0.15, 0.2) is 60.8 Å². The zero-order chi connectivity index (χ0) is 62.2. The second-order valence-corrected chi connectivity index (χ2v) is 23.9. The fourth-order valence-corrected chi connectivity index (χ4v) is 10.7. The number of hydrogen-bond donors (Lipinski definition) is 0. The minimum Gasteiger partial charge on any atom is -0.456 e. The Bertz CT molecular complexity index is 2060. The van der Waals surface area contributed by atoms with Crippen molar-refractivity contribution in [2.75, 3.05) is 6.61 Å². The molecule has 0 amide bonds. The Balaban J connectivity index is 0.000000986. The molecular weight excluding hydrogens is 1040 g/mol. The second kappa shape index (κ2) is 33.9. The largest absolute Gasteiger partial charge is 0.456 e. The summed E-state index contributed by atoms with van der Waals surface area (Å²) in [6.07, 6.45) is 15.6. The van der Waals surface area contributed by atoms with E-state index >= 15 is 0 Å². The Morgan fingerprint density at radius 2 is 0.988 bits per heavy atom. The van der Waals surface area contributed by atoms with Crippen molar-refractivity contribution >= 4 is 35.8 Å². The lowest BCUT2D eigenvalue weighted by Crippen LogP contribution is -2.62. The minimum absolute atomic E-state index is 0.0261. The molecular formula is C63H101F5O12. The normalized spacial score (nSPS) is 21.3. The molecule has 1 atom stereocenters. The first kappa shape index (κ1) is 75.2. The van der Waals surface area contributed by atoms with Gasteiger partial charge >= 0.3 is 47.9 Å². The molecule has 0 radical (unpaired) electrons. The fraction of sp³-hybridized carbons (Fsp3) is 0.746. The predicted octanol–water partition coefficient (Wildman–Crippen LogP) is 16.3. The summed E-state index contributed by atoms with van der Waals surface area (Å²) in [4.78, 5) is 68.1. The molecule has 5 aliphatic carbocycles. The summed E-state index contributed by atoms with van der Waals surface area (Å²) in [7, 11) is 0. The molecule has 0 spiro atoms. The highest BCUT2D eigenvalue weighted by atomic mass is 19.4. The number of carbonyl (C=O) groups excluding carboxylic acids is 6. The molecule has 0 aromatic heterocycles. The summed E-state index contributed by atoms with van der Waals surface area (Å²) >= 11 is 0. The first-order valence-electron chi connectivity index (χ1n) is 28.8. The Hall–Kier alpha value is -4.83. The fourth-order valence-electron chi connectivity index (χ4n) is 10.7. The molecule has 5 aliphatic rings. The van der Waals surface area contributed by atoms with Crippen LogP contribution in [0.3, 0.4) is 0 Å². The van der Waals surface area contributed by atoms with Gasteiger partial charge in [-0.05, 0) is 182 Å². The summed E-state index contributed by atoms with van der Waals surface area (Å²) in [5.74, 6) is -4.90. The van der Waals surface area contributed by atoms with Crippen LogP contribution >= 0.6 is 0 Å². The van der Waals surface area contributed by atoms with Crippen molar-refractivity contribution in [3.8, 4) is 0 Å². The van der Waals surface area contributed by atoms with Gasteiger partial charge in [0, 0.05) is 27.9 Å². The predicted molar refractivity (Wildman–Crippen MR) is 303 cm³/mol. The van der Waals surface area contributed by atoms with Gasteiger partial charge in [-0.1, -0.05) is 107 Å². The van der Waals surface area contributed by atoms with Gasteiger partial charge in [-0.3, -0.25) is 0 Å². The molecule has 0 aromatic carbocycles. The number of ether oxygens (including phenoxy) is 6. The van der Waals surface area contributed by atoms with E-state index in [-0.39, 0.29) is 45.9 Å². The maximum absolute atomic E-state index is 13.6. The van der Waals surface area contributed by atoms with Gasteiger partial charge < -0.3 is 28.4 Å². The zero-order valence-electron chi connectivity index (χ0n) is 51.4. The minimum atomic E-state index is -4.47. The third-order valence-corrected chi connectivity index (χ3v) is 15.2. The van der Waals surface area contributed by atoms with E-state index in [1.54, 1.807) is 20.8 Å². The molecule has 0 saturated heterocycles. The van der Waals surface area contributed by atoms with Crippen molar-refractivity contribution in [1.82, 2.24) is 0 Å². The van der Waals surface area contributed by atoms with E-state index in [9.17, 15) is 50.7 Å². The van der Waals surface area contributed by atoms with E-state index in [0.29, 0.717) is 34.5 Å². The monoisotopic (exact) mass is 1140 g/mol. The maximum atomic E-state index is 13.6. The quantitative estimate of drug-likeness (QED) is 0.0374. The van der Waals surface area contributed by atoms with Crippen molar-refractivity contribution in [1.29, 1.82) is 0 Å². The Morgan fingerprint density at radius 1 is 0.562 bits per heavy atom. The standard InChI is InChI=1S/C17H26O2.C14H24O2.C14H26O2.C12H18F2O4.C6H7F3O2/c1-10(2)16(18)19-17(11(3)4)14-6-12-5-13(8-14)9-15(17)7-12;1-4-14(16-13(15)12(2)3)10-8-6-5-7-9-11-14;1-6-9-10-11-14(7-2,8-3)16-13(15)12(4)5;1-7(2)9(15)17-8(3)12(13,14)10(16)18-11(4,5)6;1-4(2)5(10)11-3-6(7,8)9/h11-15H,1,5-9H2,2-4H3;2,4-11H2,1,3H3;4,6-11H2,1-3,5H3;8H,1H2,2-6H3;1,3H2,2H3. The van der Waals surface area contributed by atoms with Crippen LogP contribution in [-0.2, 0) is 57.2 Å². The summed E-state index contributed by atoms with van der Waals surface area (Å²) in [5.41, 5.74) is -0.273. The molecule has 0 aliphatic heterocycles. The number of hydrogen-bond acceptors (Lipinski definition) is 12. The highest BCUT2D eigenvalue weighted by Crippen LogP contribution is 2.62. The average molecular weight is 1150 g/mol. The third kappa shape index (κ3) is 25.5. The van der Waals surface area contributed by atoms with Gasteiger partial charge in [0.25, 0.3) is 0 Å². The molecule has 5 rings (SSSR count). The van der Waals surface area contributed by atoms with Crippen LogP contribution in [0.25, 0.3) is 0 Å². The molecule has 80 heavy (non-hydrogen) atoms. The van der Waals surface area contributed by atoms with Gasteiger partial charge in [0.2, 0.25) is 0 Å². The van der Waals surface area contributed by atoms with Gasteiger partial charge in [0.05, 0.1) is 0 Å². The molecule has 17 heteroatoms. The van der Waals surface area contributed by atoms with Gasteiger partial charge in [-0.2, -0.15) is 22.0 Å². The van der Waals surface area contributed by atoms with Gasteiger partial charge in [-0.25, -0.2) is 28.8 Å². The molecule has 12 nitrogen and oxygen atoms in total. The number of halogens is 5. The SMILES string of the molecule is C=C(C)C(=O)OC(C)C(F)(F)C(=O)OC(C)(C)C.C=C(C)C(=O)OC(CC)(CC)CCCCC.C=C(C)C(=O)OC1(C(C)C)C2CC3CC(C2)CC1C3.C=C(C)C(=O)OC1(CC)CCCCCCC1.C=C(C)C(=O)OCC(F)(F)F. The number of alkyl halides is 5. The Labute approximate surface area is 476 Å². The van der Waals surface area contributed by atoms with Crippen LogP contribution in [0.5, 0.6) is 0 Å². The lowest BCUT2D eigenvalue weighted by atomic mass is 9.47. The first-order valence-corrected chi connectivity index (χ1v) is 28.8. The highest BCUT2D eigenvalue weighted by Gasteiger charge is 2.61. The van der Waals surface area contributed by atoms with E-state index in [1.807, 2.05) is 0 Å². The lowest BCUT2D eigenvalue weighted by Gasteiger charge is -2.61. The average Bonchev–Trinajstić information content (AvgIpc) is 3.34. The van der Waals surface area contributed by atoms with Gasteiger partial charge in [-0.15, -0.1) is 0 Å². The van der Waals surface area contributed by atoms with Crippen molar-refractivity contribution in [3.63, 3.8) is 0 Å². The molecule has 460 valence electrons. The molecule has 0 heterocycles. The van der Waals surface area contributed by atoms with E-state index in [4.69, 9.17) is 14.2 Å². The van der Waals surface area contributed by atoms with Crippen molar-refractivity contribution in [2.45, 2.75) is 266 Å². The third-order valence-electron chi connectivity index (χ3n) is 15.2. The summed E-state index contributed by atoms with van der Waals surface area (Å²) in [5, 5.41) is 0. The first-order chi connectivity index (χ1) is 36.7. The molecule has 0 aromatic rings. The number of carbonyl (C=O) groups is 6. The van der Waals surface area contributed by atoms with Crippen LogP contribution in [0, 0.1) is 29.6 Å². The Morgan fingerprint density at radius 3 is 1.35 bits per heavy atom. The molecule has 5 saturated carbocycles. The van der Waals surface area contributed by atoms with Gasteiger partial charge in [0.1, 0.15) is 22.4 Å². The summed E-state index contributed by atoms with van der Waals surface area (Å²) in [6.45, 7) is 41.9. The smallest absolute Gasteiger partial charge is 0.422 e. The van der Waals surface area contributed by atoms with Crippen molar-refractivity contribution < 1.29 is 79.1 Å². The second-order valence-electron chi connectivity index (χ2n) is 23.9. The summed E-state index contributed by atoms with van der Waals surface area (Å²) in [6, 6.07) is 0. The van der Waals surface area contributed by atoms with Crippen LogP contribution in [0.2, 0.25) is 0 Å². The number of unbranched alkanes of at least 4 members (excludes halogenated alkanes) is 2. The zero-order valence-corrected chi connectivity index (χ0v) is 51.4. The molecule has 1 unspecified atom stereocenters. The van der Waals surface area contributed by atoms with Crippen LogP contribution in [-0.4, -0.2) is 83.0 Å². The van der Waals surface area contributed by atoms with Crippen LogP contribution in [0.1, 0.15) is 226 Å². The van der Waals surface area contributed by atoms with E-state index in [2.05, 4.69) is 88.6 Å². The van der Waals surface area contributed by atoms with E-state index in [1.165, 1.54) is 112 Å². The Kier molecular flexibility index (Phi) is 31.9. The number of rotatable bonds is 20. The van der Waals surface area contributed by atoms with Crippen LogP contribution < -0.4 is 0 Å². The van der Waals surface area contributed by atoms with E-state index in [0.717, 1.165) is 63.7 Å². The van der Waals surface area contributed by atoms with E-state index < -0.39 is 48.3 Å². The maximum Gasteiger partial charge on any atom is 0.422 e. The molecule has 0 N–H and O–H groups in total. The molecule has 5 fully saturated rings.